The van der Waals surface area contributed by atoms with E-state index in [1.54, 1.807) is 0 Å². The molecule has 0 radical (unpaired) electrons. The van der Waals surface area contributed by atoms with Crippen LogP contribution in [0.1, 0.15) is 83.1 Å². The van der Waals surface area contributed by atoms with Gasteiger partial charge in [-0.2, -0.15) is 5.10 Å². The van der Waals surface area contributed by atoms with Gasteiger partial charge in [0.2, 0.25) is 5.91 Å². The Morgan fingerprint density at radius 1 is 1.30 bits per heavy atom. The standard InChI is InChI=1S/C27H37N3O3/c1-26(2,3)18-9-10-22-19(13-18)25-20(27(4,5)33-22)14-21-23(32-25)11-12-30(21)24(31)8-6-7-17-15-28-29-16-17/h9-10,13,15-16,20-21,23,25H,6-8,11-12,14H2,1-5H3,(H,28,29)/t20-,21+,23-,25+/m1/s1. The maximum Gasteiger partial charge on any atom is 0.222 e. The third-order valence-corrected chi connectivity index (χ3v) is 7.85. The number of fused-ring (bicyclic) bond motifs is 4. The fourth-order valence-corrected chi connectivity index (χ4v) is 5.87. The number of hydrogen-bond donors (Lipinski definition) is 1. The molecule has 1 aromatic heterocycles. The smallest absolute Gasteiger partial charge is 0.222 e. The first kappa shape index (κ1) is 22.5. The van der Waals surface area contributed by atoms with E-state index in [2.05, 4.69) is 67.9 Å². The topological polar surface area (TPSA) is 67.5 Å². The lowest BCUT2D eigenvalue weighted by Crippen LogP contribution is -2.54. The van der Waals surface area contributed by atoms with E-state index in [-0.39, 0.29) is 41.1 Å². The molecule has 0 spiro atoms. The van der Waals surface area contributed by atoms with Crippen LogP contribution in [0.3, 0.4) is 0 Å². The average molecular weight is 452 g/mol. The number of nitrogens with one attached hydrogen (secondary N) is 1. The molecular weight excluding hydrogens is 414 g/mol. The van der Waals surface area contributed by atoms with Crippen LogP contribution in [0.15, 0.2) is 30.6 Å². The van der Waals surface area contributed by atoms with Crippen molar-refractivity contribution in [2.45, 2.75) is 96.0 Å². The summed E-state index contributed by atoms with van der Waals surface area (Å²) in [6.07, 6.45) is 7.98. The van der Waals surface area contributed by atoms with Crippen molar-refractivity contribution in [3.63, 3.8) is 0 Å². The number of carbonyl (C=O) groups is 1. The number of amides is 1. The van der Waals surface area contributed by atoms with Gasteiger partial charge in [-0.25, -0.2) is 0 Å². The first-order chi connectivity index (χ1) is 15.6. The Morgan fingerprint density at radius 2 is 2.12 bits per heavy atom. The summed E-state index contributed by atoms with van der Waals surface area (Å²) in [5, 5.41) is 6.83. The van der Waals surface area contributed by atoms with Crippen molar-refractivity contribution in [3.05, 3.63) is 47.3 Å². The molecule has 3 aliphatic heterocycles. The predicted octanol–water partition coefficient (Wildman–Crippen LogP) is 4.95. The fraction of sp³-hybridized carbons (Fsp3) is 0.630. The number of likely N-dealkylation sites (tertiary alicyclic amines) is 1. The molecule has 3 aliphatic rings. The minimum atomic E-state index is -0.343. The quantitative estimate of drug-likeness (QED) is 0.714. The molecule has 6 nitrogen and oxygen atoms in total. The first-order valence-corrected chi connectivity index (χ1v) is 12.4. The molecule has 0 unspecified atom stereocenters. The molecule has 1 N–H and O–H groups in total. The summed E-state index contributed by atoms with van der Waals surface area (Å²) >= 11 is 0. The first-order valence-electron chi connectivity index (χ1n) is 12.4. The van der Waals surface area contributed by atoms with E-state index >= 15 is 0 Å². The molecule has 5 rings (SSSR count). The second-order valence-corrected chi connectivity index (χ2v) is 11.5. The van der Waals surface area contributed by atoms with Gasteiger partial charge in [0.15, 0.2) is 0 Å². The number of H-pyrrole nitrogens is 1. The third-order valence-electron chi connectivity index (χ3n) is 7.85. The van der Waals surface area contributed by atoms with Gasteiger partial charge in [0.1, 0.15) is 11.4 Å². The zero-order valence-corrected chi connectivity index (χ0v) is 20.6. The molecule has 2 aromatic rings. The Morgan fingerprint density at radius 3 is 2.85 bits per heavy atom. The molecule has 1 aromatic carbocycles. The summed E-state index contributed by atoms with van der Waals surface area (Å²) in [7, 11) is 0. The zero-order valence-electron chi connectivity index (χ0n) is 20.6. The number of carbonyl (C=O) groups excluding carboxylic acids is 1. The second-order valence-electron chi connectivity index (χ2n) is 11.5. The van der Waals surface area contributed by atoms with Gasteiger partial charge in [0, 0.05) is 30.6 Å². The lowest BCUT2D eigenvalue weighted by molar-refractivity contribution is -0.167. The van der Waals surface area contributed by atoms with Crippen LogP contribution in [0, 0.1) is 5.92 Å². The van der Waals surface area contributed by atoms with E-state index in [1.807, 2.05) is 12.4 Å². The van der Waals surface area contributed by atoms with Gasteiger partial charge in [0.05, 0.1) is 24.4 Å². The van der Waals surface area contributed by atoms with Gasteiger partial charge in [-0.1, -0.05) is 26.8 Å². The molecule has 0 bridgehead atoms. The number of aromatic amines is 1. The van der Waals surface area contributed by atoms with Crippen LogP contribution in [-0.4, -0.2) is 45.3 Å². The molecule has 4 heterocycles. The van der Waals surface area contributed by atoms with E-state index < -0.39 is 0 Å². The van der Waals surface area contributed by atoms with E-state index in [1.165, 1.54) is 11.1 Å². The molecule has 6 heteroatoms. The SMILES string of the molecule is CC(C)(C)c1ccc2c(c1)[C@@H]1O[C@@H]3CCN(C(=O)CCCc4cn[nH]c4)[C@H]3C[C@H]1C(C)(C)O2. The Bertz CT molecular complexity index is 1010. The average Bonchev–Trinajstić information content (AvgIpc) is 3.41. The normalized spacial score (nSPS) is 28.0. The number of aromatic nitrogens is 2. The number of ether oxygens (including phenoxy) is 2. The Kier molecular flexibility index (Phi) is 5.55. The summed E-state index contributed by atoms with van der Waals surface area (Å²) in [5.41, 5.74) is 3.36. The van der Waals surface area contributed by atoms with Crippen molar-refractivity contribution >= 4 is 5.91 Å². The minimum Gasteiger partial charge on any atom is -0.487 e. The molecule has 2 saturated heterocycles. The molecule has 1 amide bonds. The Labute approximate surface area is 197 Å². The minimum absolute atomic E-state index is 0.0171. The highest BCUT2D eigenvalue weighted by atomic mass is 16.5. The maximum absolute atomic E-state index is 13.1. The summed E-state index contributed by atoms with van der Waals surface area (Å²) < 4.78 is 13.3. The van der Waals surface area contributed by atoms with Gasteiger partial charge in [-0.3, -0.25) is 9.89 Å². The van der Waals surface area contributed by atoms with Crippen LogP contribution in [0.5, 0.6) is 5.75 Å². The maximum atomic E-state index is 13.1. The van der Waals surface area contributed by atoms with Crippen LogP contribution < -0.4 is 4.74 Å². The fourth-order valence-electron chi connectivity index (χ4n) is 5.87. The molecule has 2 fully saturated rings. The Hall–Kier alpha value is -2.34. The summed E-state index contributed by atoms with van der Waals surface area (Å²) in [6.45, 7) is 11.8. The van der Waals surface area contributed by atoms with Crippen molar-refractivity contribution < 1.29 is 14.3 Å². The van der Waals surface area contributed by atoms with E-state index in [0.29, 0.717) is 6.42 Å². The van der Waals surface area contributed by atoms with E-state index in [0.717, 1.165) is 43.5 Å². The van der Waals surface area contributed by atoms with Crippen LogP contribution in [0.2, 0.25) is 0 Å². The molecule has 178 valence electrons. The number of benzene rings is 1. The van der Waals surface area contributed by atoms with E-state index in [9.17, 15) is 4.79 Å². The largest absolute Gasteiger partial charge is 0.487 e. The van der Waals surface area contributed by atoms with Crippen molar-refractivity contribution in [1.29, 1.82) is 0 Å². The number of aryl methyl sites for hydroxylation is 1. The number of nitrogens with zero attached hydrogens (tertiary/aromatic N) is 2. The summed E-state index contributed by atoms with van der Waals surface area (Å²) in [5.74, 6) is 1.40. The van der Waals surface area contributed by atoms with Crippen LogP contribution in [-0.2, 0) is 21.4 Å². The van der Waals surface area contributed by atoms with Crippen molar-refractivity contribution in [2.24, 2.45) is 5.92 Å². The Balaban J connectivity index is 1.33. The lowest BCUT2D eigenvalue weighted by atomic mass is 9.73. The molecule has 4 atom stereocenters. The predicted molar refractivity (Wildman–Crippen MR) is 127 cm³/mol. The van der Waals surface area contributed by atoms with Gasteiger partial charge in [-0.15, -0.1) is 0 Å². The summed E-state index contributed by atoms with van der Waals surface area (Å²) in [6, 6.07) is 6.73. The van der Waals surface area contributed by atoms with Crippen LogP contribution in [0.25, 0.3) is 0 Å². The molecular formula is C27H37N3O3. The van der Waals surface area contributed by atoms with Crippen LogP contribution in [0.4, 0.5) is 0 Å². The van der Waals surface area contributed by atoms with Crippen LogP contribution >= 0.6 is 0 Å². The highest BCUT2D eigenvalue weighted by molar-refractivity contribution is 5.77. The van der Waals surface area contributed by atoms with Gasteiger partial charge >= 0.3 is 0 Å². The number of rotatable bonds is 4. The lowest BCUT2D eigenvalue weighted by Gasteiger charge is -2.51. The van der Waals surface area contributed by atoms with Gasteiger partial charge < -0.3 is 14.4 Å². The van der Waals surface area contributed by atoms with Gasteiger partial charge in [-0.05, 0) is 68.2 Å². The highest BCUT2D eigenvalue weighted by Crippen LogP contribution is 2.53. The zero-order chi connectivity index (χ0) is 23.4. The molecule has 33 heavy (non-hydrogen) atoms. The van der Waals surface area contributed by atoms with Crippen molar-refractivity contribution in [1.82, 2.24) is 15.1 Å². The molecule has 0 saturated carbocycles. The van der Waals surface area contributed by atoms with Crippen molar-refractivity contribution in [2.75, 3.05) is 6.54 Å². The van der Waals surface area contributed by atoms with Gasteiger partial charge in [0.25, 0.3) is 0 Å². The third kappa shape index (κ3) is 4.18. The number of hydrogen-bond acceptors (Lipinski definition) is 4. The highest BCUT2D eigenvalue weighted by Gasteiger charge is 2.53. The van der Waals surface area contributed by atoms with Crippen molar-refractivity contribution in [3.8, 4) is 5.75 Å². The summed E-state index contributed by atoms with van der Waals surface area (Å²) in [4.78, 5) is 15.2. The van der Waals surface area contributed by atoms with E-state index in [4.69, 9.17) is 9.47 Å². The molecule has 0 aliphatic carbocycles. The second kappa shape index (κ2) is 8.15. The monoisotopic (exact) mass is 451 g/mol.